The molecule has 3 amide bonds. The second kappa shape index (κ2) is 8.12. The van der Waals surface area contributed by atoms with Gasteiger partial charge in [-0.3, -0.25) is 4.79 Å². The average Bonchev–Trinajstić information content (AvgIpc) is 2.89. The van der Waals surface area contributed by atoms with Gasteiger partial charge < -0.3 is 14.8 Å². The van der Waals surface area contributed by atoms with Crippen molar-refractivity contribution in [2.75, 3.05) is 13.2 Å². The Morgan fingerprint density at radius 1 is 1.26 bits per heavy atom. The fourth-order valence-electron chi connectivity index (χ4n) is 3.44. The summed E-state index contributed by atoms with van der Waals surface area (Å²) >= 11 is 0. The summed E-state index contributed by atoms with van der Waals surface area (Å²) in [6, 6.07) is 4.73. The number of ether oxygens (including phenoxy) is 2. The summed E-state index contributed by atoms with van der Waals surface area (Å²) in [5.74, 6) is 3.19. The van der Waals surface area contributed by atoms with E-state index in [9.17, 15) is 9.59 Å². The Labute approximate surface area is 158 Å². The molecule has 2 aliphatic rings. The van der Waals surface area contributed by atoms with Gasteiger partial charge in [-0.1, -0.05) is 25.2 Å². The van der Waals surface area contributed by atoms with E-state index >= 15 is 0 Å². The number of nitrogens with one attached hydrogen (secondary N) is 1. The SMILES string of the molecule is C#CCOc1ccc(/C=N\N2C(=O)NC3(CCCCC3)C2=O)cc1OCC. The molecule has 2 fully saturated rings. The van der Waals surface area contributed by atoms with Crippen molar-refractivity contribution < 1.29 is 19.1 Å². The van der Waals surface area contributed by atoms with Crippen LogP contribution in [0.2, 0.25) is 0 Å². The number of urea groups is 1. The van der Waals surface area contributed by atoms with Gasteiger partial charge in [-0.2, -0.15) is 5.10 Å². The van der Waals surface area contributed by atoms with Gasteiger partial charge in [0.15, 0.2) is 11.5 Å². The minimum atomic E-state index is -0.782. The van der Waals surface area contributed by atoms with Crippen LogP contribution in [0.15, 0.2) is 23.3 Å². The van der Waals surface area contributed by atoms with Gasteiger partial charge >= 0.3 is 6.03 Å². The zero-order chi connectivity index (χ0) is 19.3. The maximum atomic E-state index is 12.7. The summed E-state index contributed by atoms with van der Waals surface area (Å²) in [6.07, 6.45) is 11.0. The Bertz CT molecular complexity index is 791. The number of imide groups is 1. The molecule has 1 aromatic rings. The quantitative estimate of drug-likeness (QED) is 0.475. The van der Waals surface area contributed by atoms with Gasteiger partial charge in [-0.25, -0.2) is 4.79 Å². The van der Waals surface area contributed by atoms with E-state index in [1.165, 1.54) is 6.21 Å². The molecule has 0 bridgehead atoms. The highest BCUT2D eigenvalue weighted by atomic mass is 16.5. The minimum absolute atomic E-state index is 0.137. The van der Waals surface area contributed by atoms with Gasteiger partial charge in [0.25, 0.3) is 5.91 Å². The first-order valence-electron chi connectivity index (χ1n) is 9.13. The van der Waals surface area contributed by atoms with Crippen LogP contribution in [0, 0.1) is 12.3 Å². The van der Waals surface area contributed by atoms with E-state index in [1.54, 1.807) is 18.2 Å². The Balaban J connectivity index is 1.77. The highest BCUT2D eigenvalue weighted by molar-refractivity contribution is 6.07. The summed E-state index contributed by atoms with van der Waals surface area (Å²) in [5.41, 5.74) is -0.104. The van der Waals surface area contributed by atoms with E-state index < -0.39 is 11.6 Å². The lowest BCUT2D eigenvalue weighted by atomic mass is 9.82. The number of hydrogen-bond acceptors (Lipinski definition) is 5. The predicted octanol–water partition coefficient (Wildman–Crippen LogP) is 2.69. The largest absolute Gasteiger partial charge is 0.490 e. The number of benzene rings is 1. The van der Waals surface area contributed by atoms with Crippen molar-refractivity contribution in [3.8, 4) is 23.8 Å². The monoisotopic (exact) mass is 369 g/mol. The molecule has 0 radical (unpaired) electrons. The lowest BCUT2D eigenvalue weighted by Crippen LogP contribution is -2.48. The lowest BCUT2D eigenvalue weighted by molar-refractivity contribution is -0.132. The number of nitrogens with zero attached hydrogens (tertiary/aromatic N) is 2. The van der Waals surface area contributed by atoms with E-state index in [4.69, 9.17) is 15.9 Å². The molecule has 1 heterocycles. The van der Waals surface area contributed by atoms with Crippen molar-refractivity contribution in [2.24, 2.45) is 5.10 Å². The van der Waals surface area contributed by atoms with Crippen molar-refractivity contribution in [3.63, 3.8) is 0 Å². The maximum absolute atomic E-state index is 12.7. The molecule has 0 aromatic heterocycles. The van der Waals surface area contributed by atoms with E-state index in [0.717, 1.165) is 24.3 Å². The normalized spacial score (nSPS) is 18.6. The van der Waals surface area contributed by atoms with Crippen molar-refractivity contribution in [1.82, 2.24) is 10.3 Å². The van der Waals surface area contributed by atoms with Gasteiger partial charge in [0.2, 0.25) is 0 Å². The molecule has 1 saturated heterocycles. The van der Waals surface area contributed by atoms with Crippen LogP contribution in [0.25, 0.3) is 0 Å². The molecule has 7 nitrogen and oxygen atoms in total. The summed E-state index contributed by atoms with van der Waals surface area (Å²) in [6.45, 7) is 2.46. The molecule has 1 spiro atoms. The van der Waals surface area contributed by atoms with Crippen molar-refractivity contribution in [3.05, 3.63) is 23.8 Å². The Morgan fingerprint density at radius 3 is 2.74 bits per heavy atom. The third-order valence-corrected chi connectivity index (χ3v) is 4.75. The number of carbonyl (C=O) groups is 2. The number of carbonyl (C=O) groups excluding carboxylic acids is 2. The van der Waals surface area contributed by atoms with Gasteiger partial charge in [0.05, 0.1) is 12.8 Å². The molecule has 0 atom stereocenters. The van der Waals surface area contributed by atoms with Crippen molar-refractivity contribution >= 4 is 18.2 Å². The van der Waals surface area contributed by atoms with Gasteiger partial charge in [0.1, 0.15) is 12.1 Å². The van der Waals surface area contributed by atoms with Crippen LogP contribution in [-0.4, -0.2) is 41.9 Å². The first-order valence-corrected chi connectivity index (χ1v) is 9.13. The second-order valence-corrected chi connectivity index (χ2v) is 6.57. The topological polar surface area (TPSA) is 80.2 Å². The third-order valence-electron chi connectivity index (χ3n) is 4.75. The number of terminal acetylenes is 1. The highest BCUT2D eigenvalue weighted by Gasteiger charge is 2.51. The molecule has 0 unspecified atom stereocenters. The lowest BCUT2D eigenvalue weighted by Gasteiger charge is -2.29. The molecule has 1 aromatic carbocycles. The zero-order valence-electron chi connectivity index (χ0n) is 15.4. The number of hydrazone groups is 1. The van der Waals surface area contributed by atoms with Crippen LogP contribution in [0.4, 0.5) is 4.79 Å². The van der Waals surface area contributed by atoms with Gasteiger partial charge in [-0.05, 0) is 43.5 Å². The minimum Gasteiger partial charge on any atom is -0.490 e. The molecular weight excluding hydrogens is 346 g/mol. The maximum Gasteiger partial charge on any atom is 0.346 e. The van der Waals surface area contributed by atoms with E-state index in [2.05, 4.69) is 16.3 Å². The molecule has 1 aliphatic carbocycles. The molecule has 1 aliphatic heterocycles. The molecule has 1 N–H and O–H groups in total. The summed E-state index contributed by atoms with van der Waals surface area (Å²) < 4.78 is 11.0. The highest BCUT2D eigenvalue weighted by Crippen LogP contribution is 2.34. The fraction of sp³-hybridized carbons (Fsp3) is 0.450. The van der Waals surface area contributed by atoms with E-state index in [0.29, 0.717) is 36.5 Å². The summed E-state index contributed by atoms with van der Waals surface area (Å²) in [4.78, 5) is 25.0. The van der Waals surface area contributed by atoms with Crippen LogP contribution < -0.4 is 14.8 Å². The number of hydrogen-bond donors (Lipinski definition) is 1. The van der Waals surface area contributed by atoms with Crippen LogP contribution in [0.5, 0.6) is 11.5 Å². The zero-order valence-corrected chi connectivity index (χ0v) is 15.4. The van der Waals surface area contributed by atoms with Crippen molar-refractivity contribution in [1.29, 1.82) is 0 Å². The van der Waals surface area contributed by atoms with E-state index in [-0.39, 0.29) is 12.5 Å². The molecule has 1 saturated carbocycles. The average molecular weight is 369 g/mol. The Hall–Kier alpha value is -3.01. The first-order chi connectivity index (χ1) is 13.1. The Morgan fingerprint density at radius 2 is 2.04 bits per heavy atom. The third kappa shape index (κ3) is 3.90. The van der Waals surface area contributed by atoms with Crippen LogP contribution in [0.1, 0.15) is 44.6 Å². The van der Waals surface area contributed by atoms with E-state index in [1.807, 2.05) is 6.92 Å². The van der Waals surface area contributed by atoms with Crippen LogP contribution >= 0.6 is 0 Å². The van der Waals surface area contributed by atoms with Gasteiger partial charge in [-0.15, -0.1) is 11.4 Å². The second-order valence-electron chi connectivity index (χ2n) is 6.57. The summed E-state index contributed by atoms with van der Waals surface area (Å²) in [7, 11) is 0. The Kier molecular flexibility index (Phi) is 5.65. The molecule has 3 rings (SSSR count). The van der Waals surface area contributed by atoms with Crippen molar-refractivity contribution in [2.45, 2.75) is 44.6 Å². The van der Waals surface area contributed by atoms with Crippen LogP contribution in [0.3, 0.4) is 0 Å². The number of amides is 3. The number of rotatable bonds is 6. The smallest absolute Gasteiger partial charge is 0.346 e. The predicted molar refractivity (Wildman–Crippen MR) is 101 cm³/mol. The fourth-order valence-corrected chi connectivity index (χ4v) is 3.44. The first kappa shape index (κ1) is 18.8. The molecule has 142 valence electrons. The van der Waals surface area contributed by atoms with Crippen LogP contribution in [-0.2, 0) is 4.79 Å². The van der Waals surface area contributed by atoms with Gasteiger partial charge in [0, 0.05) is 0 Å². The summed E-state index contributed by atoms with van der Waals surface area (Å²) in [5, 5.41) is 7.87. The molecular formula is C20H23N3O4. The molecule has 7 heteroatoms. The molecule has 27 heavy (non-hydrogen) atoms. The standard InChI is InChI=1S/C20H23N3O4/c1-3-12-27-16-9-8-15(13-17(16)26-4-2)14-21-23-18(24)20(22-19(23)25)10-6-5-7-11-20/h1,8-9,13-14H,4-7,10-12H2,2H3,(H,22,25)/b21-14-.